The Bertz CT molecular complexity index is 690. The second-order valence-corrected chi connectivity index (χ2v) is 7.68. The van der Waals surface area contributed by atoms with Crippen molar-refractivity contribution in [3.05, 3.63) is 23.2 Å². The topological polar surface area (TPSA) is 28.5 Å². The molecule has 1 saturated carbocycles. The Morgan fingerprint density at radius 2 is 1.96 bits per heavy atom. The number of amides is 1. The summed E-state index contributed by atoms with van der Waals surface area (Å²) >= 11 is 1.75. The number of hydrogen-bond acceptors (Lipinski definition) is 3. The third kappa shape index (κ3) is 2.70. The van der Waals surface area contributed by atoms with Gasteiger partial charge in [0, 0.05) is 32.2 Å². The maximum atomic E-state index is 13.1. The lowest BCUT2D eigenvalue weighted by molar-refractivity contribution is 0.0631. The number of piperazine rings is 1. The van der Waals surface area contributed by atoms with Crippen LogP contribution in [0.5, 0.6) is 0 Å². The average Bonchev–Trinajstić information content (AvgIpc) is 3.30. The van der Waals surface area contributed by atoms with Crippen LogP contribution in [0, 0.1) is 0 Å². The second-order valence-electron chi connectivity index (χ2n) is 6.73. The van der Waals surface area contributed by atoms with E-state index in [1.54, 1.807) is 11.3 Å². The Hall–Kier alpha value is -1.33. The predicted molar refractivity (Wildman–Crippen MR) is 95.3 cm³/mol. The molecule has 0 radical (unpaired) electrons. The van der Waals surface area contributed by atoms with Crippen molar-refractivity contribution in [1.82, 2.24) is 14.4 Å². The summed E-state index contributed by atoms with van der Waals surface area (Å²) in [5, 5.41) is 2.14. The molecule has 2 aromatic rings. The largest absolute Gasteiger partial charge is 0.335 e. The fourth-order valence-electron chi connectivity index (χ4n) is 4.09. The van der Waals surface area contributed by atoms with Gasteiger partial charge in [-0.15, -0.1) is 11.3 Å². The van der Waals surface area contributed by atoms with Crippen molar-refractivity contribution in [2.45, 2.75) is 38.6 Å². The molecular formula is C18H25N3OS. The Morgan fingerprint density at radius 3 is 2.65 bits per heavy atom. The van der Waals surface area contributed by atoms with Gasteiger partial charge in [-0.3, -0.25) is 4.79 Å². The number of carbonyl (C=O) groups excluding carboxylic acids is 1. The van der Waals surface area contributed by atoms with Crippen molar-refractivity contribution in [3.8, 4) is 0 Å². The van der Waals surface area contributed by atoms with E-state index in [9.17, 15) is 4.79 Å². The number of nitrogens with zero attached hydrogens (tertiary/aromatic N) is 3. The highest BCUT2D eigenvalue weighted by Gasteiger charge is 2.28. The van der Waals surface area contributed by atoms with Gasteiger partial charge < -0.3 is 14.4 Å². The summed E-state index contributed by atoms with van der Waals surface area (Å²) in [7, 11) is 0. The van der Waals surface area contributed by atoms with Gasteiger partial charge in [-0.2, -0.15) is 0 Å². The minimum absolute atomic E-state index is 0.232. The number of hydrogen-bond donors (Lipinski definition) is 0. The third-order valence-electron chi connectivity index (χ3n) is 5.48. The van der Waals surface area contributed by atoms with Crippen LogP contribution >= 0.6 is 11.3 Å². The molecule has 1 saturated heterocycles. The minimum atomic E-state index is 0.232. The van der Waals surface area contributed by atoms with Crippen molar-refractivity contribution in [2.24, 2.45) is 0 Å². The summed E-state index contributed by atoms with van der Waals surface area (Å²) in [5.74, 6) is 0.232. The van der Waals surface area contributed by atoms with E-state index in [2.05, 4.69) is 38.8 Å². The number of likely N-dealkylation sites (N-methyl/N-ethyl adjacent to an activating group) is 1. The second kappa shape index (κ2) is 6.29. The van der Waals surface area contributed by atoms with Crippen LogP contribution in [0.2, 0.25) is 0 Å². The highest BCUT2D eigenvalue weighted by Crippen LogP contribution is 2.36. The summed E-state index contributed by atoms with van der Waals surface area (Å²) in [6.45, 7) is 6.99. The summed E-state index contributed by atoms with van der Waals surface area (Å²) in [4.78, 5) is 17.6. The highest BCUT2D eigenvalue weighted by atomic mass is 32.1. The maximum absolute atomic E-state index is 13.1. The normalized spacial score (nSPS) is 20.7. The van der Waals surface area contributed by atoms with E-state index in [0.717, 1.165) is 38.4 Å². The molecule has 4 nitrogen and oxygen atoms in total. The van der Waals surface area contributed by atoms with E-state index in [0.29, 0.717) is 6.04 Å². The summed E-state index contributed by atoms with van der Waals surface area (Å²) in [5.41, 5.74) is 2.18. The monoisotopic (exact) mass is 331 g/mol. The molecule has 3 heterocycles. The lowest BCUT2D eigenvalue weighted by atomic mass is 10.2. The molecule has 2 aromatic heterocycles. The van der Waals surface area contributed by atoms with Crippen molar-refractivity contribution < 1.29 is 4.79 Å². The van der Waals surface area contributed by atoms with Crippen LogP contribution in [0.4, 0.5) is 0 Å². The zero-order valence-corrected chi connectivity index (χ0v) is 14.6. The van der Waals surface area contributed by atoms with E-state index in [1.165, 1.54) is 35.9 Å². The van der Waals surface area contributed by atoms with Crippen molar-refractivity contribution in [1.29, 1.82) is 0 Å². The summed E-state index contributed by atoms with van der Waals surface area (Å²) < 4.78 is 3.61. The third-order valence-corrected chi connectivity index (χ3v) is 6.33. The number of thiophene rings is 1. The highest BCUT2D eigenvalue weighted by molar-refractivity contribution is 7.17. The van der Waals surface area contributed by atoms with Gasteiger partial charge in [0.15, 0.2) is 0 Å². The molecule has 124 valence electrons. The predicted octanol–water partition coefficient (Wildman–Crippen LogP) is 3.60. The Morgan fingerprint density at radius 1 is 1.22 bits per heavy atom. The van der Waals surface area contributed by atoms with Gasteiger partial charge in [-0.25, -0.2) is 0 Å². The van der Waals surface area contributed by atoms with Crippen molar-refractivity contribution in [2.75, 3.05) is 32.7 Å². The van der Waals surface area contributed by atoms with E-state index >= 15 is 0 Å². The van der Waals surface area contributed by atoms with Crippen LogP contribution in [0.3, 0.4) is 0 Å². The van der Waals surface area contributed by atoms with E-state index in [1.807, 2.05) is 0 Å². The first kappa shape index (κ1) is 15.2. The number of carbonyl (C=O) groups is 1. The van der Waals surface area contributed by atoms with E-state index in [-0.39, 0.29) is 5.91 Å². The number of rotatable bonds is 3. The zero-order valence-electron chi connectivity index (χ0n) is 13.8. The molecule has 23 heavy (non-hydrogen) atoms. The molecule has 2 fully saturated rings. The number of aromatic nitrogens is 1. The first-order valence-corrected chi connectivity index (χ1v) is 9.76. The molecule has 0 bridgehead atoms. The molecule has 0 unspecified atom stereocenters. The molecule has 0 atom stereocenters. The van der Waals surface area contributed by atoms with Crippen LogP contribution in [-0.4, -0.2) is 53.0 Å². The molecule has 0 spiro atoms. The van der Waals surface area contributed by atoms with Crippen molar-refractivity contribution in [3.63, 3.8) is 0 Å². The molecule has 0 N–H and O–H groups in total. The van der Waals surface area contributed by atoms with Crippen LogP contribution in [0.15, 0.2) is 17.5 Å². The van der Waals surface area contributed by atoms with Gasteiger partial charge in [0.1, 0.15) is 5.69 Å². The SMILES string of the molecule is CCN1CCN(C(=O)c2cc3sccc3n2C2CCCC2)CC1. The fraction of sp³-hybridized carbons (Fsp3) is 0.611. The van der Waals surface area contributed by atoms with Crippen molar-refractivity contribution >= 4 is 27.5 Å². The van der Waals surface area contributed by atoms with Gasteiger partial charge in [0.25, 0.3) is 5.91 Å². The molecule has 4 rings (SSSR count). The Labute approximate surface area is 141 Å². The van der Waals surface area contributed by atoms with Gasteiger partial charge >= 0.3 is 0 Å². The van der Waals surface area contributed by atoms with Gasteiger partial charge in [-0.1, -0.05) is 19.8 Å². The summed E-state index contributed by atoms with van der Waals surface area (Å²) in [6.07, 6.45) is 5.00. The molecule has 5 heteroatoms. The van der Waals surface area contributed by atoms with Crippen LogP contribution in [0.1, 0.15) is 49.1 Å². The average molecular weight is 331 g/mol. The molecule has 1 amide bonds. The fourth-order valence-corrected chi connectivity index (χ4v) is 4.90. The Kier molecular flexibility index (Phi) is 4.16. The maximum Gasteiger partial charge on any atom is 0.270 e. The first-order valence-electron chi connectivity index (χ1n) is 8.88. The zero-order chi connectivity index (χ0) is 15.8. The van der Waals surface area contributed by atoms with E-state index < -0.39 is 0 Å². The first-order chi connectivity index (χ1) is 11.3. The van der Waals surface area contributed by atoms with Crippen LogP contribution < -0.4 is 0 Å². The molecule has 1 aliphatic carbocycles. The smallest absolute Gasteiger partial charge is 0.270 e. The van der Waals surface area contributed by atoms with E-state index in [4.69, 9.17) is 0 Å². The lowest BCUT2D eigenvalue weighted by Crippen LogP contribution is -2.48. The standard InChI is InChI=1S/C18H25N3OS/c1-2-19-8-10-20(11-9-19)18(22)16-13-17-15(7-12-23-17)21(16)14-5-3-4-6-14/h7,12-14H,2-6,8-11H2,1H3. The van der Waals surface area contributed by atoms with Gasteiger partial charge in [-0.05, 0) is 36.9 Å². The van der Waals surface area contributed by atoms with Gasteiger partial charge in [0.2, 0.25) is 0 Å². The molecule has 0 aromatic carbocycles. The summed E-state index contributed by atoms with van der Waals surface area (Å²) in [6, 6.07) is 4.83. The van der Waals surface area contributed by atoms with Crippen LogP contribution in [0.25, 0.3) is 10.2 Å². The van der Waals surface area contributed by atoms with Gasteiger partial charge in [0.05, 0.1) is 10.2 Å². The molecule has 2 aliphatic rings. The minimum Gasteiger partial charge on any atom is -0.335 e. The van der Waals surface area contributed by atoms with Crippen LogP contribution in [-0.2, 0) is 0 Å². The number of fused-ring (bicyclic) bond motifs is 1. The molecule has 1 aliphatic heterocycles. The molecular weight excluding hydrogens is 306 g/mol. The Balaban J connectivity index is 1.64. The quantitative estimate of drug-likeness (QED) is 0.860. The lowest BCUT2D eigenvalue weighted by Gasteiger charge is -2.34.